The van der Waals surface area contributed by atoms with Crippen LogP contribution in [0.25, 0.3) is 0 Å². The number of amides is 1. The zero-order valence-electron chi connectivity index (χ0n) is 15.0. The van der Waals surface area contributed by atoms with Crippen LogP contribution in [0.4, 0.5) is 18.9 Å². The van der Waals surface area contributed by atoms with Crippen molar-refractivity contribution in [1.29, 1.82) is 0 Å². The number of halogens is 3. The molecule has 0 aliphatic heterocycles. The molecular weight excluding hydrogens is 343 g/mol. The van der Waals surface area contributed by atoms with Gasteiger partial charge in [0.1, 0.15) is 6.61 Å². The van der Waals surface area contributed by atoms with Crippen molar-refractivity contribution in [3.05, 3.63) is 58.4 Å². The number of ether oxygens (including phenoxy) is 1. The maximum Gasteiger partial charge on any atom is 0.264 e. The van der Waals surface area contributed by atoms with Crippen LogP contribution in [-0.4, -0.2) is 5.91 Å². The van der Waals surface area contributed by atoms with Gasteiger partial charge in [-0.05, 0) is 42.7 Å². The Labute approximate surface area is 151 Å². The van der Waals surface area contributed by atoms with Gasteiger partial charge in [0.05, 0.1) is 0 Å². The lowest BCUT2D eigenvalue weighted by Gasteiger charge is -2.17. The first-order valence-electron chi connectivity index (χ1n) is 8.48. The molecule has 2 rings (SSSR count). The molecule has 2 aromatic rings. The molecule has 0 aliphatic carbocycles. The van der Waals surface area contributed by atoms with Gasteiger partial charge >= 0.3 is 0 Å². The highest BCUT2D eigenvalue weighted by Gasteiger charge is 2.18. The first-order chi connectivity index (χ1) is 12.4. The summed E-state index contributed by atoms with van der Waals surface area (Å²) in [4.78, 5) is 11.7. The van der Waals surface area contributed by atoms with Crippen molar-refractivity contribution in [2.75, 3.05) is 5.32 Å². The van der Waals surface area contributed by atoms with E-state index in [2.05, 4.69) is 5.32 Å². The zero-order valence-corrected chi connectivity index (χ0v) is 15.0. The first-order valence-corrected chi connectivity index (χ1v) is 8.48. The molecule has 0 spiro atoms. The Balaban J connectivity index is 2.33. The number of aryl methyl sites for hydroxylation is 2. The largest absolute Gasteiger partial charge is 0.486 e. The van der Waals surface area contributed by atoms with Crippen LogP contribution in [0.2, 0.25) is 0 Å². The molecule has 26 heavy (non-hydrogen) atoms. The number of rotatable bonds is 7. The molecule has 140 valence electrons. The van der Waals surface area contributed by atoms with Crippen LogP contribution in [-0.2, 0) is 17.8 Å². The van der Waals surface area contributed by atoms with Crippen molar-refractivity contribution < 1.29 is 22.7 Å². The molecule has 0 aliphatic rings. The Bertz CT molecular complexity index is 791. The molecule has 6 heteroatoms. The molecule has 0 aromatic heterocycles. The Morgan fingerprint density at radius 2 is 1.96 bits per heavy atom. The predicted octanol–water partition coefficient (Wildman–Crippen LogP) is 5.56. The molecule has 0 saturated carbocycles. The Kier molecular flexibility index (Phi) is 6.66. The number of alkyl halides is 2. The fraction of sp³-hybridized carbons (Fsp3) is 0.350. The highest BCUT2D eigenvalue weighted by Crippen LogP contribution is 2.31. The summed E-state index contributed by atoms with van der Waals surface area (Å²) >= 11 is 0. The van der Waals surface area contributed by atoms with Crippen LogP contribution in [0.3, 0.4) is 0 Å². The van der Waals surface area contributed by atoms with Crippen molar-refractivity contribution in [3.63, 3.8) is 0 Å². The summed E-state index contributed by atoms with van der Waals surface area (Å²) in [5.74, 6) is -0.843. The van der Waals surface area contributed by atoms with Gasteiger partial charge in [-0.1, -0.05) is 26.0 Å². The van der Waals surface area contributed by atoms with Crippen LogP contribution in [0.15, 0.2) is 30.3 Å². The normalized spacial score (nSPS) is 10.9. The second-order valence-electron chi connectivity index (χ2n) is 5.93. The summed E-state index contributed by atoms with van der Waals surface area (Å²) in [7, 11) is 0. The van der Waals surface area contributed by atoms with Gasteiger partial charge in [-0.15, -0.1) is 0 Å². The fourth-order valence-electron chi connectivity index (χ4n) is 2.66. The third-order valence-corrected chi connectivity index (χ3v) is 4.19. The fourth-order valence-corrected chi connectivity index (χ4v) is 2.66. The van der Waals surface area contributed by atoms with E-state index in [-0.39, 0.29) is 41.5 Å². The number of benzene rings is 2. The molecule has 0 radical (unpaired) electrons. The minimum absolute atomic E-state index is 0.00321. The van der Waals surface area contributed by atoms with Gasteiger partial charge in [-0.3, -0.25) is 4.79 Å². The summed E-state index contributed by atoms with van der Waals surface area (Å²) in [6, 6.07) is 7.19. The highest BCUT2D eigenvalue weighted by molar-refractivity contribution is 5.91. The summed E-state index contributed by atoms with van der Waals surface area (Å²) in [6.07, 6.45) is -1.84. The van der Waals surface area contributed by atoms with Crippen molar-refractivity contribution in [3.8, 4) is 5.75 Å². The van der Waals surface area contributed by atoms with Crippen LogP contribution in [0.5, 0.6) is 5.75 Å². The minimum atomic E-state index is -2.74. The van der Waals surface area contributed by atoms with Crippen LogP contribution >= 0.6 is 0 Å². The number of hydrogen-bond donors (Lipinski definition) is 1. The van der Waals surface area contributed by atoms with Gasteiger partial charge in [0.15, 0.2) is 11.6 Å². The molecule has 0 unspecified atom stereocenters. The molecule has 1 N–H and O–H groups in total. The average Bonchev–Trinajstić information content (AvgIpc) is 2.62. The summed E-state index contributed by atoms with van der Waals surface area (Å²) in [6.45, 7) is 5.15. The van der Waals surface area contributed by atoms with Gasteiger partial charge in [0, 0.05) is 23.2 Å². The minimum Gasteiger partial charge on any atom is -0.486 e. The number of carbonyl (C=O) groups excluding carboxylic acids is 1. The van der Waals surface area contributed by atoms with Gasteiger partial charge in [0.2, 0.25) is 5.91 Å². The van der Waals surface area contributed by atoms with E-state index < -0.39 is 12.2 Å². The van der Waals surface area contributed by atoms with E-state index in [1.54, 1.807) is 13.0 Å². The second-order valence-corrected chi connectivity index (χ2v) is 5.93. The van der Waals surface area contributed by atoms with E-state index in [0.29, 0.717) is 6.42 Å². The van der Waals surface area contributed by atoms with E-state index in [1.807, 2.05) is 13.8 Å². The van der Waals surface area contributed by atoms with E-state index >= 15 is 0 Å². The second kappa shape index (κ2) is 8.74. The Morgan fingerprint density at radius 3 is 2.58 bits per heavy atom. The topological polar surface area (TPSA) is 38.3 Å². The van der Waals surface area contributed by atoms with E-state index in [1.165, 1.54) is 24.3 Å². The van der Waals surface area contributed by atoms with E-state index in [4.69, 9.17) is 4.74 Å². The quantitative estimate of drug-likeness (QED) is 0.697. The highest BCUT2D eigenvalue weighted by atomic mass is 19.3. The van der Waals surface area contributed by atoms with Crippen LogP contribution < -0.4 is 10.1 Å². The van der Waals surface area contributed by atoms with Crippen molar-refractivity contribution in [2.45, 2.75) is 46.6 Å². The molecule has 0 fully saturated rings. The molecular formula is C20H22F3NO2. The van der Waals surface area contributed by atoms with Crippen LogP contribution in [0, 0.1) is 12.7 Å². The summed E-state index contributed by atoms with van der Waals surface area (Å²) < 4.78 is 46.4. The molecule has 0 atom stereocenters. The monoisotopic (exact) mass is 365 g/mol. The van der Waals surface area contributed by atoms with Crippen molar-refractivity contribution in [2.24, 2.45) is 0 Å². The first kappa shape index (κ1) is 19.8. The molecule has 2 aromatic carbocycles. The van der Waals surface area contributed by atoms with E-state index in [0.717, 1.165) is 11.1 Å². The van der Waals surface area contributed by atoms with Crippen molar-refractivity contribution in [1.82, 2.24) is 0 Å². The molecule has 0 bridgehead atoms. The smallest absolute Gasteiger partial charge is 0.264 e. The predicted molar refractivity (Wildman–Crippen MR) is 95.2 cm³/mol. The average molecular weight is 365 g/mol. The van der Waals surface area contributed by atoms with E-state index in [9.17, 15) is 18.0 Å². The third kappa shape index (κ3) is 4.56. The molecule has 3 nitrogen and oxygen atoms in total. The summed E-state index contributed by atoms with van der Waals surface area (Å²) in [5, 5.41) is 2.59. The molecule has 1 amide bonds. The number of carbonyl (C=O) groups is 1. The standard InChI is InChI=1S/C20H22F3NO2/c1-4-13-10-16(21)18(9-12(13)3)26-11-15-14(20(22)23)7-6-8-17(15)24-19(25)5-2/h6-10,20H,4-5,11H2,1-3H3,(H,24,25). The van der Waals surface area contributed by atoms with Gasteiger partial charge < -0.3 is 10.1 Å². The SMILES string of the molecule is CCC(=O)Nc1cccc(C(F)F)c1COc1cc(C)c(CC)cc1F. The third-order valence-electron chi connectivity index (χ3n) is 4.19. The number of anilines is 1. The Hall–Kier alpha value is -2.50. The Morgan fingerprint density at radius 1 is 1.23 bits per heavy atom. The van der Waals surface area contributed by atoms with Gasteiger partial charge in [0.25, 0.3) is 6.43 Å². The van der Waals surface area contributed by atoms with Crippen molar-refractivity contribution >= 4 is 11.6 Å². The van der Waals surface area contributed by atoms with Gasteiger partial charge in [-0.2, -0.15) is 0 Å². The molecule has 0 heterocycles. The van der Waals surface area contributed by atoms with Crippen LogP contribution in [0.1, 0.15) is 48.9 Å². The van der Waals surface area contributed by atoms with Gasteiger partial charge in [-0.25, -0.2) is 13.2 Å². The molecule has 0 saturated heterocycles. The zero-order chi connectivity index (χ0) is 19.3. The lowest BCUT2D eigenvalue weighted by atomic mass is 10.0. The maximum absolute atomic E-state index is 14.2. The summed E-state index contributed by atoms with van der Waals surface area (Å²) in [5.41, 5.74) is 1.86. The maximum atomic E-state index is 14.2. The lowest BCUT2D eigenvalue weighted by Crippen LogP contribution is -2.14. The lowest BCUT2D eigenvalue weighted by molar-refractivity contribution is -0.115. The number of hydrogen-bond acceptors (Lipinski definition) is 2. The number of nitrogens with one attached hydrogen (secondary N) is 1.